The summed E-state index contributed by atoms with van der Waals surface area (Å²) in [4.78, 5) is 46.8. The van der Waals surface area contributed by atoms with Crippen LogP contribution in [0.3, 0.4) is 0 Å². The summed E-state index contributed by atoms with van der Waals surface area (Å²) in [5, 5.41) is 126. The molecule has 0 spiro atoms. The molecule has 0 saturated heterocycles. The molecule has 0 saturated carbocycles. The molecule has 0 radical (unpaired) electrons. The van der Waals surface area contributed by atoms with Gasteiger partial charge in [0, 0.05) is 0 Å². The quantitative estimate of drug-likeness (QED) is 0.0696. The summed E-state index contributed by atoms with van der Waals surface area (Å²) in [6.45, 7) is 0. The fourth-order valence-corrected chi connectivity index (χ4v) is 0. The normalized spacial score (nSPS) is 10.7. The van der Waals surface area contributed by atoms with E-state index >= 15 is 0 Å². The molecule has 0 aliphatic heterocycles. The first kappa shape index (κ1) is 53.8. The average molecular weight is 901 g/mol. The predicted octanol–water partition coefficient (Wildman–Crippen LogP) is -11.9. The van der Waals surface area contributed by atoms with Crippen molar-refractivity contribution >= 4 is 150 Å². The van der Waals surface area contributed by atoms with Crippen LogP contribution < -0.4 is 25.5 Å². The summed E-state index contributed by atoms with van der Waals surface area (Å²) >= 11 is 9.96. The number of alkyl halides is 5. The summed E-state index contributed by atoms with van der Waals surface area (Å²) in [7, 11) is 0. The van der Waals surface area contributed by atoms with Gasteiger partial charge < -0.3 is 101 Å². The molecule has 0 aromatic rings. The van der Waals surface area contributed by atoms with Crippen molar-refractivity contribution in [3.63, 3.8) is 0 Å². The topological polar surface area (TPSA) is 403 Å². The van der Waals surface area contributed by atoms with Gasteiger partial charge in [0.25, 0.3) is 23.5 Å². The van der Waals surface area contributed by atoms with Gasteiger partial charge in [-0.3, -0.25) is 0 Å². The zero-order valence-corrected chi connectivity index (χ0v) is 27.2. The second-order valence-electron chi connectivity index (χ2n) is 4.37. The van der Waals surface area contributed by atoms with Gasteiger partial charge >= 0.3 is 40.4 Å². The number of aliphatic carboxylic acids is 5. The molecule has 0 aliphatic carbocycles. The van der Waals surface area contributed by atoms with Crippen molar-refractivity contribution in [3.8, 4) is 0 Å². The molecule has 0 rings (SSSR count). The first-order chi connectivity index (χ1) is 14.7. The van der Waals surface area contributed by atoms with E-state index in [-0.39, 0.29) is 40.4 Å². The van der Waals surface area contributed by atoms with Crippen molar-refractivity contribution in [2.45, 2.75) is 23.5 Å². The Hall–Kier alpha value is 0.649. The molecule has 0 amide bonds. The number of halogens is 5. The Labute approximate surface area is 271 Å². The fourth-order valence-electron chi connectivity index (χ4n) is 0. The van der Waals surface area contributed by atoms with E-state index in [4.69, 9.17) is 51.1 Å². The van der Waals surface area contributed by atoms with Crippen LogP contribution in [-0.2, 0) is 24.0 Å². The molecular weight excluding hydrogens is 891 g/mol. The monoisotopic (exact) mass is 896 g/mol. The minimum atomic E-state index is -2.88. The standard InChI is InChI=1S/5C2H3BrO4.Al.Mg/c5*3-2(6,7)1(4)5;;/h5*6-7H,(H,4,5);;/q;;;;;+3;+2/p-5. The van der Waals surface area contributed by atoms with E-state index in [1.54, 1.807) is 0 Å². The van der Waals surface area contributed by atoms with E-state index in [0.717, 1.165) is 0 Å². The number of hydrogen-bond acceptors (Lipinski definition) is 20. The van der Waals surface area contributed by atoms with Gasteiger partial charge in [-0.2, -0.15) is 0 Å². The van der Waals surface area contributed by atoms with Crippen LogP contribution in [0.15, 0.2) is 0 Å². The zero-order valence-electron chi connectivity index (χ0n) is 16.7. The number of carboxylic acids is 5. The number of rotatable bonds is 5. The summed E-state index contributed by atoms with van der Waals surface area (Å²) in [5.74, 6) is -9.90. The summed E-state index contributed by atoms with van der Waals surface area (Å²) in [5.41, 5.74) is 0. The van der Waals surface area contributed by atoms with Crippen LogP contribution >= 0.6 is 79.6 Å². The maximum atomic E-state index is 9.36. The number of carboxylic acid groups (broad SMARTS) is 5. The van der Waals surface area contributed by atoms with E-state index in [2.05, 4.69) is 0 Å². The van der Waals surface area contributed by atoms with Gasteiger partial charge in [-0.25, -0.2) is 0 Å². The van der Waals surface area contributed by atoms with Crippen LogP contribution in [0.1, 0.15) is 0 Å². The molecule has 210 valence electrons. The maximum absolute atomic E-state index is 9.36. The van der Waals surface area contributed by atoms with Gasteiger partial charge in [-0.05, 0) is 79.6 Å². The molecule has 0 aliphatic rings. The number of carbonyl (C=O) groups is 5. The van der Waals surface area contributed by atoms with Crippen molar-refractivity contribution in [1.29, 1.82) is 0 Å². The molecule has 0 aromatic carbocycles. The van der Waals surface area contributed by atoms with Crippen LogP contribution in [0.4, 0.5) is 0 Å². The van der Waals surface area contributed by atoms with Gasteiger partial charge in [0.05, 0.1) is 0 Å². The molecule has 0 bridgehead atoms. The Morgan fingerprint density at radius 2 is 0.405 bits per heavy atom. The number of carbonyl (C=O) groups excluding carboxylic acids is 5. The Kier molecular flexibility index (Phi) is 32.5. The van der Waals surface area contributed by atoms with E-state index in [1.165, 1.54) is 0 Å². The number of aliphatic hydroxyl groups is 10. The van der Waals surface area contributed by atoms with Crippen molar-refractivity contribution < 1.29 is 101 Å². The van der Waals surface area contributed by atoms with Crippen LogP contribution in [0, 0.1) is 0 Å². The zero-order chi connectivity index (χ0) is 30.4. The van der Waals surface area contributed by atoms with E-state index in [0.29, 0.717) is 0 Å². The third kappa shape index (κ3) is 46.8. The van der Waals surface area contributed by atoms with E-state index < -0.39 is 53.3 Å². The molecule has 0 heterocycles. The van der Waals surface area contributed by atoms with Crippen molar-refractivity contribution in [1.82, 2.24) is 0 Å². The average Bonchev–Trinajstić information content (AvgIpc) is 2.52. The van der Waals surface area contributed by atoms with Crippen molar-refractivity contribution in [2.24, 2.45) is 0 Å². The molecule has 0 unspecified atom stereocenters. The summed E-state index contributed by atoms with van der Waals surface area (Å²) < 4.78 is -14.4. The van der Waals surface area contributed by atoms with Crippen LogP contribution in [0.25, 0.3) is 0 Å². The molecule has 20 nitrogen and oxygen atoms in total. The Bertz CT molecular complexity index is 563. The first-order valence-electron chi connectivity index (χ1n) is 6.47. The molecule has 27 heteroatoms. The van der Waals surface area contributed by atoms with Gasteiger partial charge in [0.2, 0.25) is 0 Å². The van der Waals surface area contributed by atoms with Crippen molar-refractivity contribution in [2.75, 3.05) is 0 Å². The molecule has 10 N–H and O–H groups in total. The second kappa shape index (κ2) is 22.4. The maximum Gasteiger partial charge on any atom is 3.00 e. The van der Waals surface area contributed by atoms with Gasteiger partial charge in [-0.1, -0.05) is 0 Å². The minimum Gasteiger partial charge on any atom is -0.544 e. The fraction of sp³-hybridized carbons (Fsp3) is 0.500. The third-order valence-corrected chi connectivity index (χ3v) is 2.92. The van der Waals surface area contributed by atoms with Crippen LogP contribution in [-0.4, -0.2) is 145 Å². The molecule has 0 aromatic heterocycles. The third-order valence-electron chi connectivity index (χ3n) is 1.30. The molecule has 37 heavy (non-hydrogen) atoms. The predicted molar refractivity (Wildman–Crippen MR) is 117 cm³/mol. The van der Waals surface area contributed by atoms with Gasteiger partial charge in [0.1, 0.15) is 29.8 Å². The van der Waals surface area contributed by atoms with Crippen LogP contribution in [0.2, 0.25) is 0 Å². The van der Waals surface area contributed by atoms with Crippen LogP contribution in [0.5, 0.6) is 0 Å². The summed E-state index contributed by atoms with van der Waals surface area (Å²) in [6.07, 6.45) is 0. The molecule has 0 atom stereocenters. The minimum absolute atomic E-state index is 0. The van der Waals surface area contributed by atoms with Crippen molar-refractivity contribution in [3.05, 3.63) is 0 Å². The molecular formula is C10H10AlBr5MgO20. The largest absolute Gasteiger partial charge is 3.00 e. The SMILES string of the molecule is O=C([O-])C(O)(O)Br.O=C([O-])C(O)(O)Br.O=C([O-])C(O)(O)Br.O=C([O-])C(O)(O)Br.O=C([O-])C(O)(O)Br.[Al+3].[Mg+2]. The van der Waals surface area contributed by atoms with Gasteiger partial charge in [-0.15, -0.1) is 0 Å². The number of hydrogen-bond donors (Lipinski definition) is 10. The Morgan fingerprint density at radius 1 is 0.378 bits per heavy atom. The smallest absolute Gasteiger partial charge is 0.544 e. The van der Waals surface area contributed by atoms with E-state index in [9.17, 15) is 49.5 Å². The first-order valence-corrected chi connectivity index (χ1v) is 10.4. The molecule has 0 fully saturated rings. The van der Waals surface area contributed by atoms with E-state index in [1.807, 2.05) is 79.6 Å². The van der Waals surface area contributed by atoms with Gasteiger partial charge in [0.15, 0.2) is 0 Å². The Balaban J connectivity index is -0.0000000600. The second-order valence-corrected chi connectivity index (χ2v) is 9.90. The summed E-state index contributed by atoms with van der Waals surface area (Å²) in [6, 6.07) is 0. The Morgan fingerprint density at radius 3 is 0.405 bits per heavy atom.